The van der Waals surface area contributed by atoms with Gasteiger partial charge >= 0.3 is 6.18 Å². The van der Waals surface area contributed by atoms with E-state index in [4.69, 9.17) is 4.98 Å². The normalized spacial score (nSPS) is 16.9. The van der Waals surface area contributed by atoms with Crippen molar-refractivity contribution in [3.63, 3.8) is 0 Å². The highest BCUT2D eigenvalue weighted by Crippen LogP contribution is 2.41. The molecule has 0 atom stereocenters. The molecule has 3 heterocycles. The minimum absolute atomic E-state index is 0.0649. The third kappa shape index (κ3) is 4.79. The molecule has 3 aromatic heterocycles. The number of halogens is 4. The fourth-order valence-electron chi connectivity index (χ4n) is 5.62. The van der Waals surface area contributed by atoms with Crippen LogP contribution in [0.25, 0.3) is 28.0 Å². The Morgan fingerprint density at radius 1 is 0.816 bits per heavy atom. The third-order valence-electron chi connectivity index (χ3n) is 7.52. The Bertz CT molecular complexity index is 1430. The number of hydrogen-bond donors (Lipinski definition) is 2. The monoisotopic (exact) mass is 524 g/mol. The summed E-state index contributed by atoms with van der Waals surface area (Å²) in [6.07, 6.45) is 5.00. The number of fused-ring (bicyclic) bond motifs is 1. The van der Waals surface area contributed by atoms with Crippen LogP contribution in [-0.2, 0) is 6.18 Å². The molecule has 10 heteroatoms. The van der Waals surface area contributed by atoms with Crippen LogP contribution in [-0.4, -0.2) is 31.7 Å². The molecule has 2 N–H and O–H groups in total. The summed E-state index contributed by atoms with van der Waals surface area (Å²) in [6, 6.07) is 10.3. The summed E-state index contributed by atoms with van der Waals surface area (Å²) >= 11 is 0. The molecule has 4 aromatic rings. The van der Waals surface area contributed by atoms with Crippen LogP contribution in [0.4, 0.5) is 29.3 Å². The second kappa shape index (κ2) is 9.89. The van der Waals surface area contributed by atoms with E-state index in [1.54, 1.807) is 24.4 Å². The number of nitrogens with one attached hydrogen (secondary N) is 2. The van der Waals surface area contributed by atoms with Crippen LogP contribution in [0.5, 0.6) is 0 Å². The van der Waals surface area contributed by atoms with Crippen LogP contribution < -0.4 is 10.6 Å². The SMILES string of the molecule is Fc1ccc(-c2nn3c(NC4CCCC4)c(C(F)(F)F)ccc3c2-c2ccnc(NC3CCCC3)n2)cc1. The second-order valence-electron chi connectivity index (χ2n) is 10.1. The van der Waals surface area contributed by atoms with Gasteiger partial charge in [0.05, 0.1) is 22.3 Å². The van der Waals surface area contributed by atoms with Crippen molar-refractivity contribution in [3.8, 4) is 22.5 Å². The van der Waals surface area contributed by atoms with E-state index in [0.29, 0.717) is 40.0 Å². The fourth-order valence-corrected chi connectivity index (χ4v) is 5.62. The zero-order chi connectivity index (χ0) is 26.3. The molecule has 2 saturated carbocycles. The molecule has 0 spiro atoms. The van der Waals surface area contributed by atoms with Gasteiger partial charge < -0.3 is 10.6 Å². The van der Waals surface area contributed by atoms with Crippen LogP contribution in [0, 0.1) is 5.82 Å². The molecule has 1 aromatic carbocycles. The van der Waals surface area contributed by atoms with E-state index < -0.39 is 17.6 Å². The van der Waals surface area contributed by atoms with Gasteiger partial charge in [-0.1, -0.05) is 25.7 Å². The number of anilines is 2. The molecule has 0 radical (unpaired) electrons. The van der Waals surface area contributed by atoms with Crippen molar-refractivity contribution < 1.29 is 17.6 Å². The predicted octanol–water partition coefficient (Wildman–Crippen LogP) is 7.33. The Kier molecular flexibility index (Phi) is 6.41. The maximum Gasteiger partial charge on any atom is 0.419 e. The lowest BCUT2D eigenvalue weighted by atomic mass is 10.0. The highest BCUT2D eigenvalue weighted by atomic mass is 19.4. The molecule has 6 nitrogen and oxygen atoms in total. The quantitative estimate of drug-likeness (QED) is 0.259. The van der Waals surface area contributed by atoms with Gasteiger partial charge in [-0.25, -0.2) is 18.9 Å². The maximum absolute atomic E-state index is 14.1. The summed E-state index contributed by atoms with van der Waals surface area (Å²) in [5.41, 5.74) is 1.79. The van der Waals surface area contributed by atoms with Gasteiger partial charge in [-0.15, -0.1) is 0 Å². The number of rotatable bonds is 6. The van der Waals surface area contributed by atoms with Crippen LogP contribution in [0.1, 0.15) is 56.9 Å². The number of pyridine rings is 1. The van der Waals surface area contributed by atoms with Gasteiger partial charge in [0.25, 0.3) is 0 Å². The number of aromatic nitrogens is 4. The van der Waals surface area contributed by atoms with E-state index >= 15 is 0 Å². The number of alkyl halides is 3. The molecular formula is C28H28F4N6. The number of hydrogen-bond acceptors (Lipinski definition) is 5. The highest BCUT2D eigenvalue weighted by molar-refractivity contribution is 5.92. The first kappa shape index (κ1) is 24.6. The zero-order valence-corrected chi connectivity index (χ0v) is 20.7. The first-order chi connectivity index (χ1) is 18.4. The van der Waals surface area contributed by atoms with Crippen molar-refractivity contribution in [3.05, 3.63) is 60.0 Å². The molecule has 2 fully saturated rings. The van der Waals surface area contributed by atoms with Gasteiger partial charge in [0.2, 0.25) is 5.95 Å². The van der Waals surface area contributed by atoms with Crippen LogP contribution in [0.15, 0.2) is 48.7 Å². The van der Waals surface area contributed by atoms with Crippen LogP contribution in [0.2, 0.25) is 0 Å². The summed E-state index contributed by atoms with van der Waals surface area (Å²) in [4.78, 5) is 9.12. The van der Waals surface area contributed by atoms with Crippen LogP contribution >= 0.6 is 0 Å². The standard InChI is InChI=1S/C28H28F4N6/c29-18-11-9-17(10-12-18)25-24(22-15-16-33-27(36-22)35-20-7-3-4-8-20)23-14-13-21(28(30,31)32)26(38(23)37-25)34-19-5-1-2-6-19/h9-16,19-20,34H,1-8H2,(H,33,35,36). The van der Waals surface area contributed by atoms with Crippen molar-refractivity contribution in [2.45, 2.75) is 69.6 Å². The minimum atomic E-state index is -4.56. The average Bonchev–Trinajstić information content (AvgIpc) is 3.66. The molecule has 0 unspecified atom stereocenters. The topological polar surface area (TPSA) is 67.1 Å². The third-order valence-corrected chi connectivity index (χ3v) is 7.52. The lowest BCUT2D eigenvalue weighted by Crippen LogP contribution is -2.21. The maximum atomic E-state index is 14.1. The summed E-state index contributed by atoms with van der Waals surface area (Å²) in [5.74, 6) is -0.0306. The zero-order valence-electron chi connectivity index (χ0n) is 20.7. The first-order valence-electron chi connectivity index (χ1n) is 13.1. The molecule has 2 aliphatic carbocycles. The van der Waals surface area contributed by atoms with E-state index in [9.17, 15) is 17.6 Å². The number of nitrogens with zero attached hydrogens (tertiary/aromatic N) is 4. The molecule has 2 aliphatic rings. The van der Waals surface area contributed by atoms with Gasteiger partial charge in [0.15, 0.2) is 0 Å². The van der Waals surface area contributed by atoms with Gasteiger partial charge in [-0.3, -0.25) is 0 Å². The van der Waals surface area contributed by atoms with E-state index in [2.05, 4.69) is 20.7 Å². The van der Waals surface area contributed by atoms with Crippen molar-refractivity contribution in [1.29, 1.82) is 0 Å². The Morgan fingerprint density at radius 2 is 1.47 bits per heavy atom. The van der Waals surface area contributed by atoms with Gasteiger partial charge in [-0.2, -0.15) is 18.3 Å². The smallest absolute Gasteiger partial charge is 0.367 e. The lowest BCUT2D eigenvalue weighted by Gasteiger charge is -2.19. The molecule has 198 valence electrons. The van der Waals surface area contributed by atoms with Gasteiger partial charge in [-0.05, 0) is 68.1 Å². The Morgan fingerprint density at radius 3 is 2.13 bits per heavy atom. The number of benzene rings is 1. The molecule has 0 amide bonds. The molecule has 0 aliphatic heterocycles. The van der Waals surface area contributed by atoms with Crippen LogP contribution in [0.3, 0.4) is 0 Å². The largest absolute Gasteiger partial charge is 0.419 e. The van der Waals surface area contributed by atoms with Gasteiger partial charge in [0.1, 0.15) is 17.3 Å². The van der Waals surface area contributed by atoms with Gasteiger partial charge in [0, 0.05) is 23.8 Å². The van der Waals surface area contributed by atoms with Crippen molar-refractivity contribution in [1.82, 2.24) is 19.6 Å². The Hall–Kier alpha value is -3.69. The molecule has 6 rings (SSSR count). The van der Waals surface area contributed by atoms with E-state index in [-0.39, 0.29) is 11.9 Å². The minimum Gasteiger partial charge on any atom is -0.367 e. The summed E-state index contributed by atoms with van der Waals surface area (Å²) in [6.45, 7) is 0. The van der Waals surface area contributed by atoms with E-state index in [1.165, 1.54) is 22.7 Å². The highest BCUT2D eigenvalue weighted by Gasteiger charge is 2.37. The van der Waals surface area contributed by atoms with Crippen molar-refractivity contribution in [2.75, 3.05) is 10.6 Å². The summed E-state index contributed by atoms with van der Waals surface area (Å²) in [5, 5.41) is 11.2. The first-order valence-corrected chi connectivity index (χ1v) is 13.1. The summed E-state index contributed by atoms with van der Waals surface area (Å²) < 4.78 is 57.5. The molecule has 38 heavy (non-hydrogen) atoms. The Labute approximate surface area is 217 Å². The van der Waals surface area contributed by atoms with Crippen molar-refractivity contribution in [2.24, 2.45) is 0 Å². The molecular weight excluding hydrogens is 496 g/mol. The fraction of sp³-hybridized carbons (Fsp3) is 0.393. The predicted molar refractivity (Wildman–Crippen MR) is 138 cm³/mol. The molecule has 0 bridgehead atoms. The van der Waals surface area contributed by atoms with E-state index in [0.717, 1.165) is 57.4 Å². The average molecular weight is 525 g/mol. The summed E-state index contributed by atoms with van der Waals surface area (Å²) in [7, 11) is 0. The van der Waals surface area contributed by atoms with Crippen molar-refractivity contribution >= 4 is 17.3 Å². The lowest BCUT2D eigenvalue weighted by molar-refractivity contribution is -0.137. The molecule has 0 saturated heterocycles. The Balaban J connectivity index is 1.55. The van der Waals surface area contributed by atoms with E-state index in [1.807, 2.05) is 0 Å². The second-order valence-corrected chi connectivity index (χ2v) is 10.1.